The Bertz CT molecular complexity index is 1360. The molecule has 0 atom stereocenters. The van der Waals surface area contributed by atoms with E-state index in [1.165, 1.54) is 10.8 Å². The predicted molar refractivity (Wildman–Crippen MR) is 133 cm³/mol. The maximum atomic E-state index is 10.7. The summed E-state index contributed by atoms with van der Waals surface area (Å²) in [7, 11) is 0. The van der Waals surface area contributed by atoms with E-state index in [0.29, 0.717) is 6.61 Å². The van der Waals surface area contributed by atoms with Gasteiger partial charge in [0.2, 0.25) is 0 Å². The first-order chi connectivity index (χ1) is 15.7. The second kappa shape index (κ2) is 8.43. The maximum Gasteiger partial charge on any atom is 0.151 e. The number of hydrogen-bond acceptors (Lipinski definition) is 2. The number of phenolic OH excluding ortho intramolecular Hbond substituents is 1. The van der Waals surface area contributed by atoms with Gasteiger partial charge in [0.05, 0.1) is 23.3 Å². The van der Waals surface area contributed by atoms with Crippen LogP contribution < -0.4 is 4.74 Å². The van der Waals surface area contributed by atoms with Gasteiger partial charge in [-0.1, -0.05) is 67.9 Å². The number of hydrogen-bond donors (Lipinski definition) is 1. The molecule has 4 aromatic carbocycles. The first-order valence-corrected chi connectivity index (χ1v) is 11.2. The number of ether oxygens (including phenoxy) is 1. The van der Waals surface area contributed by atoms with Crippen molar-refractivity contribution in [2.24, 2.45) is 0 Å². The van der Waals surface area contributed by atoms with E-state index in [1.54, 1.807) is 6.07 Å². The minimum absolute atomic E-state index is 0.256. The molecule has 1 N–H and O–H groups in total. The van der Waals surface area contributed by atoms with Gasteiger partial charge in [0.25, 0.3) is 0 Å². The van der Waals surface area contributed by atoms with Crippen molar-refractivity contribution in [3.63, 3.8) is 0 Å². The van der Waals surface area contributed by atoms with Crippen LogP contribution in [0.15, 0.2) is 84.9 Å². The molecule has 32 heavy (non-hydrogen) atoms. The molecule has 0 fully saturated rings. The normalized spacial score (nSPS) is 11.3. The SMILES string of the molecule is CCCCOc1c(-c2ccccc2O)cc(C)cc1-n1c2ccccc2c2ccccc21. The second-order valence-electron chi connectivity index (χ2n) is 8.25. The van der Waals surface area contributed by atoms with Crippen molar-refractivity contribution in [2.75, 3.05) is 6.61 Å². The van der Waals surface area contributed by atoms with E-state index in [-0.39, 0.29) is 5.75 Å². The Morgan fingerprint density at radius 3 is 2.06 bits per heavy atom. The van der Waals surface area contributed by atoms with Crippen molar-refractivity contribution >= 4 is 21.8 Å². The molecule has 0 saturated heterocycles. The summed E-state index contributed by atoms with van der Waals surface area (Å²) in [4.78, 5) is 0. The van der Waals surface area contributed by atoms with Gasteiger partial charge in [0.15, 0.2) is 5.75 Å². The Balaban J connectivity index is 1.86. The Kier molecular flexibility index (Phi) is 5.32. The summed E-state index contributed by atoms with van der Waals surface area (Å²) in [5.41, 5.74) is 6.09. The molecule has 0 spiro atoms. The van der Waals surface area contributed by atoms with Gasteiger partial charge < -0.3 is 14.4 Å². The van der Waals surface area contributed by atoms with Crippen LogP contribution in [0.4, 0.5) is 0 Å². The van der Waals surface area contributed by atoms with Crippen molar-refractivity contribution in [3.05, 3.63) is 90.5 Å². The van der Waals surface area contributed by atoms with Crippen LogP contribution in [0, 0.1) is 6.92 Å². The molecule has 5 rings (SSSR count). The number of benzene rings is 4. The Labute approximate surface area is 188 Å². The van der Waals surface area contributed by atoms with E-state index < -0.39 is 0 Å². The van der Waals surface area contributed by atoms with Gasteiger partial charge in [-0.3, -0.25) is 0 Å². The minimum atomic E-state index is 0.256. The zero-order valence-corrected chi connectivity index (χ0v) is 18.5. The van der Waals surface area contributed by atoms with Gasteiger partial charge in [-0.05, 0) is 49.2 Å². The number of nitrogens with zero attached hydrogens (tertiary/aromatic N) is 1. The van der Waals surface area contributed by atoms with Crippen LogP contribution in [0.25, 0.3) is 38.6 Å². The third-order valence-corrected chi connectivity index (χ3v) is 5.97. The quantitative estimate of drug-likeness (QED) is 0.286. The summed E-state index contributed by atoms with van der Waals surface area (Å²) in [6.45, 7) is 4.89. The van der Waals surface area contributed by atoms with Crippen molar-refractivity contribution in [1.82, 2.24) is 4.57 Å². The van der Waals surface area contributed by atoms with Crippen LogP contribution in [-0.2, 0) is 0 Å². The lowest BCUT2D eigenvalue weighted by molar-refractivity contribution is 0.310. The highest BCUT2D eigenvalue weighted by atomic mass is 16.5. The van der Waals surface area contributed by atoms with Crippen molar-refractivity contribution in [3.8, 4) is 28.3 Å². The van der Waals surface area contributed by atoms with Crippen LogP contribution >= 0.6 is 0 Å². The lowest BCUT2D eigenvalue weighted by Gasteiger charge is -2.20. The third kappa shape index (κ3) is 3.40. The minimum Gasteiger partial charge on any atom is -0.507 e. The molecule has 0 radical (unpaired) electrons. The fourth-order valence-electron chi connectivity index (χ4n) is 4.47. The average Bonchev–Trinajstić information content (AvgIpc) is 3.14. The van der Waals surface area contributed by atoms with E-state index in [0.717, 1.165) is 52.0 Å². The first-order valence-electron chi connectivity index (χ1n) is 11.2. The summed E-state index contributed by atoms with van der Waals surface area (Å²) < 4.78 is 8.76. The highest BCUT2D eigenvalue weighted by Crippen LogP contribution is 2.43. The van der Waals surface area contributed by atoms with Crippen molar-refractivity contribution in [2.45, 2.75) is 26.7 Å². The number of aromatic nitrogens is 1. The molecule has 1 heterocycles. The van der Waals surface area contributed by atoms with Crippen molar-refractivity contribution < 1.29 is 9.84 Å². The van der Waals surface area contributed by atoms with Crippen LogP contribution in [0.1, 0.15) is 25.3 Å². The largest absolute Gasteiger partial charge is 0.507 e. The summed E-state index contributed by atoms with van der Waals surface area (Å²) >= 11 is 0. The topological polar surface area (TPSA) is 34.4 Å². The van der Waals surface area contributed by atoms with E-state index in [2.05, 4.69) is 79.1 Å². The fraction of sp³-hybridized carbons (Fsp3) is 0.172. The highest BCUT2D eigenvalue weighted by molar-refractivity contribution is 6.09. The van der Waals surface area contributed by atoms with Gasteiger partial charge in [-0.15, -0.1) is 0 Å². The number of para-hydroxylation sites is 3. The molecule has 1 aromatic heterocycles. The van der Waals surface area contributed by atoms with Gasteiger partial charge in [0.1, 0.15) is 5.75 Å². The van der Waals surface area contributed by atoms with Gasteiger partial charge in [-0.25, -0.2) is 0 Å². The lowest BCUT2D eigenvalue weighted by Crippen LogP contribution is -2.05. The third-order valence-electron chi connectivity index (χ3n) is 5.97. The molecule has 0 saturated carbocycles. The number of aromatic hydroxyl groups is 1. The zero-order chi connectivity index (χ0) is 22.1. The summed E-state index contributed by atoms with van der Waals surface area (Å²) in [6.07, 6.45) is 2.03. The molecule has 160 valence electrons. The van der Waals surface area contributed by atoms with Crippen LogP contribution in [-0.4, -0.2) is 16.3 Å². The van der Waals surface area contributed by atoms with Gasteiger partial charge in [0, 0.05) is 21.9 Å². The number of unbranched alkanes of at least 4 members (excludes halogenated alkanes) is 1. The van der Waals surface area contributed by atoms with Crippen molar-refractivity contribution in [1.29, 1.82) is 0 Å². The van der Waals surface area contributed by atoms with Crippen LogP contribution in [0.3, 0.4) is 0 Å². The number of phenols is 1. The molecule has 0 unspecified atom stereocenters. The van der Waals surface area contributed by atoms with Crippen LogP contribution in [0.5, 0.6) is 11.5 Å². The molecule has 0 aliphatic carbocycles. The molecule has 0 aliphatic heterocycles. The molecular formula is C29H27NO2. The average molecular weight is 422 g/mol. The van der Waals surface area contributed by atoms with Crippen LogP contribution in [0.2, 0.25) is 0 Å². The smallest absolute Gasteiger partial charge is 0.151 e. The molecule has 5 aromatic rings. The standard InChI is InChI=1S/C29H27NO2/c1-3-4-17-32-29-24(23-13-7-10-16-28(23)31)18-20(2)19-27(29)30-25-14-8-5-11-21(25)22-12-6-9-15-26(22)30/h5-16,18-19,31H,3-4,17H2,1-2H3. The zero-order valence-electron chi connectivity index (χ0n) is 18.5. The van der Waals surface area contributed by atoms with E-state index in [4.69, 9.17) is 4.74 Å². The van der Waals surface area contributed by atoms with Gasteiger partial charge in [-0.2, -0.15) is 0 Å². The van der Waals surface area contributed by atoms with E-state index >= 15 is 0 Å². The molecular weight excluding hydrogens is 394 g/mol. The lowest BCUT2D eigenvalue weighted by atomic mass is 9.99. The molecule has 3 nitrogen and oxygen atoms in total. The molecule has 0 aliphatic rings. The molecule has 3 heteroatoms. The summed E-state index contributed by atoms with van der Waals surface area (Å²) in [5.74, 6) is 1.06. The molecule has 0 bridgehead atoms. The highest BCUT2D eigenvalue weighted by Gasteiger charge is 2.20. The second-order valence-corrected chi connectivity index (χ2v) is 8.25. The fourth-order valence-corrected chi connectivity index (χ4v) is 4.47. The predicted octanol–water partition coefficient (Wildman–Crippen LogP) is 7.64. The Hall–Kier alpha value is -3.72. The number of aryl methyl sites for hydroxylation is 1. The number of fused-ring (bicyclic) bond motifs is 3. The Morgan fingerprint density at radius 1 is 0.781 bits per heavy atom. The summed E-state index contributed by atoms with van der Waals surface area (Å²) in [6, 6.07) is 28.8. The van der Waals surface area contributed by atoms with E-state index in [9.17, 15) is 5.11 Å². The maximum absolute atomic E-state index is 10.7. The summed E-state index contributed by atoms with van der Waals surface area (Å²) in [5, 5.41) is 13.1. The molecule has 0 amide bonds. The first kappa shape index (κ1) is 20.2. The van der Waals surface area contributed by atoms with E-state index in [1.807, 2.05) is 18.2 Å². The monoisotopic (exact) mass is 421 g/mol. The Morgan fingerprint density at radius 2 is 1.41 bits per heavy atom. The van der Waals surface area contributed by atoms with Gasteiger partial charge >= 0.3 is 0 Å². The number of rotatable bonds is 6.